The van der Waals surface area contributed by atoms with Gasteiger partial charge in [0.15, 0.2) is 0 Å². The number of aromatic amines is 1. The lowest BCUT2D eigenvalue weighted by Gasteiger charge is -2.06. The van der Waals surface area contributed by atoms with E-state index in [1.807, 2.05) is 30.3 Å². The highest BCUT2D eigenvalue weighted by atomic mass is 32.2. The molecule has 7 heteroatoms. The van der Waals surface area contributed by atoms with Gasteiger partial charge in [0.05, 0.1) is 17.2 Å². The number of sulfonamides is 1. The minimum atomic E-state index is -3.74. The minimum Gasteiger partial charge on any atom is -0.390 e. The summed E-state index contributed by atoms with van der Waals surface area (Å²) in [7, 11) is -3.74. The third kappa shape index (κ3) is 3.02. The van der Waals surface area contributed by atoms with Gasteiger partial charge in [-0.15, -0.1) is 0 Å². The smallest absolute Gasteiger partial charge is 0.238 e. The number of rotatable bonds is 4. The molecule has 0 saturated heterocycles. The number of primary sulfonamides is 1. The minimum absolute atomic E-state index is 0.0385. The number of aliphatic hydroxyl groups excluding tert-OH is 1. The molecule has 1 heterocycles. The number of aromatic nitrogens is 2. The molecule has 0 atom stereocenters. The highest BCUT2D eigenvalue weighted by Crippen LogP contribution is 2.33. The fraction of sp³-hybridized carbons (Fsp3) is 0.0625. The average Bonchev–Trinajstić information content (AvgIpc) is 2.99. The fourth-order valence-electron chi connectivity index (χ4n) is 2.42. The molecular formula is C16H15N3O3S. The molecule has 0 saturated carbocycles. The van der Waals surface area contributed by atoms with Crippen molar-refractivity contribution >= 4 is 10.0 Å². The summed E-state index contributed by atoms with van der Waals surface area (Å²) in [5, 5.41) is 21.8. The fourth-order valence-corrected chi connectivity index (χ4v) is 2.94. The number of nitrogens with one attached hydrogen (secondary N) is 1. The Balaban J connectivity index is 2.14. The van der Waals surface area contributed by atoms with Crippen LogP contribution in [0, 0.1) is 0 Å². The lowest BCUT2D eigenvalue weighted by atomic mass is 9.99. The average molecular weight is 329 g/mol. The van der Waals surface area contributed by atoms with Crippen molar-refractivity contribution in [1.82, 2.24) is 10.2 Å². The normalized spacial score (nSPS) is 11.6. The van der Waals surface area contributed by atoms with Gasteiger partial charge in [-0.05, 0) is 17.7 Å². The van der Waals surface area contributed by atoms with Crippen molar-refractivity contribution in [2.45, 2.75) is 11.5 Å². The molecule has 0 bridgehead atoms. The first-order chi connectivity index (χ1) is 11.0. The summed E-state index contributed by atoms with van der Waals surface area (Å²) in [6, 6.07) is 15.7. The van der Waals surface area contributed by atoms with E-state index >= 15 is 0 Å². The van der Waals surface area contributed by atoms with Crippen molar-refractivity contribution in [2.24, 2.45) is 5.14 Å². The third-order valence-electron chi connectivity index (χ3n) is 3.52. The first-order valence-electron chi connectivity index (χ1n) is 6.87. The van der Waals surface area contributed by atoms with Crippen LogP contribution in [0.2, 0.25) is 0 Å². The van der Waals surface area contributed by atoms with Gasteiger partial charge in [-0.2, -0.15) is 5.10 Å². The zero-order chi connectivity index (χ0) is 16.4. The van der Waals surface area contributed by atoms with E-state index in [0.717, 1.165) is 16.7 Å². The Morgan fingerprint density at radius 2 is 1.65 bits per heavy atom. The number of aliphatic hydroxyl groups is 1. The molecule has 0 unspecified atom stereocenters. The zero-order valence-electron chi connectivity index (χ0n) is 12.1. The SMILES string of the molecule is NS(=O)(=O)c1ccc(-c2c(-c3ccccc3)n[nH]c2CO)cc1. The van der Waals surface area contributed by atoms with E-state index in [2.05, 4.69) is 10.2 Å². The summed E-state index contributed by atoms with van der Waals surface area (Å²) in [4.78, 5) is 0.0385. The van der Waals surface area contributed by atoms with Gasteiger partial charge in [0.2, 0.25) is 10.0 Å². The molecule has 0 radical (unpaired) electrons. The molecule has 0 amide bonds. The Morgan fingerprint density at radius 1 is 1.00 bits per heavy atom. The van der Waals surface area contributed by atoms with Crippen molar-refractivity contribution < 1.29 is 13.5 Å². The second-order valence-electron chi connectivity index (χ2n) is 5.02. The molecule has 0 aliphatic heterocycles. The molecule has 0 spiro atoms. The van der Waals surface area contributed by atoms with Crippen LogP contribution in [0.1, 0.15) is 5.69 Å². The van der Waals surface area contributed by atoms with Crippen molar-refractivity contribution in [3.05, 3.63) is 60.3 Å². The van der Waals surface area contributed by atoms with Gasteiger partial charge in [-0.1, -0.05) is 42.5 Å². The monoisotopic (exact) mass is 329 g/mol. The van der Waals surface area contributed by atoms with Gasteiger partial charge < -0.3 is 5.11 Å². The van der Waals surface area contributed by atoms with Crippen LogP contribution in [0.25, 0.3) is 22.4 Å². The van der Waals surface area contributed by atoms with Crippen LogP contribution in [0.3, 0.4) is 0 Å². The van der Waals surface area contributed by atoms with E-state index in [9.17, 15) is 13.5 Å². The number of H-pyrrole nitrogens is 1. The number of benzene rings is 2. The van der Waals surface area contributed by atoms with Crippen LogP contribution >= 0.6 is 0 Å². The Bertz CT molecular complexity index is 917. The van der Waals surface area contributed by atoms with E-state index < -0.39 is 10.0 Å². The predicted octanol–water partition coefficient (Wildman–Crippen LogP) is 1.88. The van der Waals surface area contributed by atoms with Gasteiger partial charge in [-0.25, -0.2) is 13.6 Å². The number of hydrogen-bond donors (Lipinski definition) is 3. The van der Waals surface area contributed by atoms with Crippen LogP contribution in [-0.2, 0) is 16.6 Å². The second kappa shape index (κ2) is 5.96. The van der Waals surface area contributed by atoms with E-state index in [1.54, 1.807) is 12.1 Å². The molecule has 6 nitrogen and oxygen atoms in total. The maximum atomic E-state index is 11.4. The van der Waals surface area contributed by atoms with E-state index in [-0.39, 0.29) is 11.5 Å². The Hall–Kier alpha value is -2.48. The molecular weight excluding hydrogens is 314 g/mol. The summed E-state index contributed by atoms with van der Waals surface area (Å²) < 4.78 is 22.7. The largest absolute Gasteiger partial charge is 0.390 e. The molecule has 2 aromatic carbocycles. The van der Waals surface area contributed by atoms with E-state index in [0.29, 0.717) is 11.4 Å². The third-order valence-corrected chi connectivity index (χ3v) is 4.45. The lowest BCUT2D eigenvalue weighted by Crippen LogP contribution is -2.11. The first kappa shape index (κ1) is 15.4. The molecule has 3 rings (SSSR count). The Kier molecular flexibility index (Phi) is 3.99. The first-order valence-corrected chi connectivity index (χ1v) is 8.42. The molecule has 3 aromatic rings. The summed E-state index contributed by atoms with van der Waals surface area (Å²) in [6.07, 6.45) is 0. The second-order valence-corrected chi connectivity index (χ2v) is 6.58. The van der Waals surface area contributed by atoms with Crippen LogP contribution < -0.4 is 5.14 Å². The van der Waals surface area contributed by atoms with Gasteiger partial charge >= 0.3 is 0 Å². The maximum Gasteiger partial charge on any atom is 0.238 e. The summed E-state index contributed by atoms with van der Waals surface area (Å²) in [5.74, 6) is 0. The molecule has 118 valence electrons. The standard InChI is InChI=1S/C16H15N3O3S/c17-23(21,22)13-8-6-11(7-9-13)15-14(10-20)18-19-16(15)12-4-2-1-3-5-12/h1-9,20H,10H2,(H,18,19)(H2,17,21,22). The molecule has 23 heavy (non-hydrogen) atoms. The van der Waals surface area contributed by atoms with Gasteiger partial charge in [-0.3, -0.25) is 5.10 Å². The zero-order valence-corrected chi connectivity index (χ0v) is 12.9. The van der Waals surface area contributed by atoms with Gasteiger partial charge in [0.25, 0.3) is 0 Å². The van der Waals surface area contributed by atoms with Crippen LogP contribution in [-0.4, -0.2) is 23.7 Å². The number of hydrogen-bond acceptors (Lipinski definition) is 4. The van der Waals surface area contributed by atoms with Crippen LogP contribution in [0.5, 0.6) is 0 Å². The van der Waals surface area contributed by atoms with E-state index in [4.69, 9.17) is 5.14 Å². The molecule has 0 fully saturated rings. The van der Waals surface area contributed by atoms with Crippen molar-refractivity contribution in [3.8, 4) is 22.4 Å². The molecule has 0 aliphatic carbocycles. The predicted molar refractivity (Wildman–Crippen MR) is 86.8 cm³/mol. The van der Waals surface area contributed by atoms with Crippen molar-refractivity contribution in [1.29, 1.82) is 0 Å². The highest BCUT2D eigenvalue weighted by Gasteiger charge is 2.17. The highest BCUT2D eigenvalue weighted by molar-refractivity contribution is 7.89. The lowest BCUT2D eigenvalue weighted by molar-refractivity contribution is 0.277. The summed E-state index contributed by atoms with van der Waals surface area (Å²) >= 11 is 0. The number of nitrogens with zero attached hydrogens (tertiary/aromatic N) is 1. The van der Waals surface area contributed by atoms with Crippen molar-refractivity contribution in [2.75, 3.05) is 0 Å². The number of nitrogens with two attached hydrogens (primary N) is 1. The van der Waals surface area contributed by atoms with Crippen molar-refractivity contribution in [3.63, 3.8) is 0 Å². The van der Waals surface area contributed by atoms with Crippen LogP contribution in [0.4, 0.5) is 0 Å². The summed E-state index contributed by atoms with van der Waals surface area (Å²) in [6.45, 7) is -0.202. The molecule has 0 aliphatic rings. The topological polar surface area (TPSA) is 109 Å². The Labute approximate surface area is 133 Å². The van der Waals surface area contributed by atoms with Gasteiger partial charge in [0, 0.05) is 11.1 Å². The van der Waals surface area contributed by atoms with E-state index in [1.165, 1.54) is 12.1 Å². The van der Waals surface area contributed by atoms with Gasteiger partial charge in [0.1, 0.15) is 5.69 Å². The molecule has 4 N–H and O–H groups in total. The Morgan fingerprint density at radius 3 is 2.22 bits per heavy atom. The van der Waals surface area contributed by atoms with Crippen LogP contribution in [0.15, 0.2) is 59.5 Å². The molecule has 1 aromatic heterocycles. The summed E-state index contributed by atoms with van der Waals surface area (Å²) in [5.41, 5.74) is 3.63. The maximum absolute atomic E-state index is 11.4. The quantitative estimate of drug-likeness (QED) is 0.679.